The summed E-state index contributed by atoms with van der Waals surface area (Å²) < 4.78 is 0. The van der Waals surface area contributed by atoms with Crippen molar-refractivity contribution in [3.05, 3.63) is 102 Å². The summed E-state index contributed by atoms with van der Waals surface area (Å²) in [6.45, 7) is 8.51. The van der Waals surface area contributed by atoms with E-state index in [9.17, 15) is 0 Å². The van der Waals surface area contributed by atoms with Gasteiger partial charge in [-0.15, -0.1) is 0 Å². The zero-order valence-electron chi connectivity index (χ0n) is 22.8. The molecule has 2 N–H and O–H groups in total. The zero-order chi connectivity index (χ0) is 26.6. The number of nitrogens with zero attached hydrogens (tertiary/aromatic N) is 4. The molecule has 2 aliphatic carbocycles. The van der Waals surface area contributed by atoms with Crippen molar-refractivity contribution in [1.29, 1.82) is 0 Å². The molecule has 5 aromatic rings. The van der Waals surface area contributed by atoms with Gasteiger partial charge in [0, 0.05) is 34.8 Å². The van der Waals surface area contributed by atoms with Crippen LogP contribution in [0.4, 0.5) is 11.5 Å². The molecule has 6 heteroatoms. The molecule has 2 aliphatic rings. The Kier molecular flexibility index (Phi) is 5.56. The number of rotatable bonds is 7. The van der Waals surface area contributed by atoms with Crippen LogP contribution in [0.3, 0.4) is 0 Å². The molecule has 196 valence electrons. The van der Waals surface area contributed by atoms with Gasteiger partial charge in [0.15, 0.2) is 0 Å². The van der Waals surface area contributed by atoms with Crippen LogP contribution < -0.4 is 10.2 Å². The molecule has 2 atom stereocenters. The second-order valence-corrected chi connectivity index (χ2v) is 11.7. The Morgan fingerprint density at radius 1 is 0.974 bits per heavy atom. The number of anilines is 2. The van der Waals surface area contributed by atoms with Gasteiger partial charge in [-0.3, -0.25) is 15.4 Å². The van der Waals surface area contributed by atoms with Crippen LogP contribution in [0.15, 0.2) is 85.1 Å². The van der Waals surface area contributed by atoms with Crippen molar-refractivity contribution >= 4 is 22.3 Å². The largest absolute Gasteiger partial charge is 0.313 e. The Bertz CT molecular complexity index is 1640. The smallest absolute Gasteiger partial charge is 0.135 e. The van der Waals surface area contributed by atoms with Crippen LogP contribution in [-0.2, 0) is 12.0 Å². The van der Waals surface area contributed by atoms with Crippen LogP contribution in [-0.4, -0.2) is 26.8 Å². The van der Waals surface area contributed by atoms with Gasteiger partial charge in [-0.2, -0.15) is 5.10 Å². The third kappa shape index (κ3) is 3.69. The third-order valence-electron chi connectivity index (χ3n) is 9.51. The van der Waals surface area contributed by atoms with Crippen LogP contribution in [0.1, 0.15) is 56.5 Å². The number of para-hydroxylation sites is 1. The second kappa shape index (κ2) is 9.02. The Labute approximate surface area is 229 Å². The van der Waals surface area contributed by atoms with Crippen molar-refractivity contribution in [1.82, 2.24) is 25.5 Å². The SMILES string of the molecule is CC12CCC(c3c1n[nH]c3-c1nc(N(CNCc3ccccn3)c3ccccc3)cc3ccccc13)C2(C)C. The summed E-state index contributed by atoms with van der Waals surface area (Å²) in [5, 5.41) is 14.3. The number of pyridine rings is 2. The lowest BCUT2D eigenvalue weighted by atomic mass is 9.70. The third-order valence-corrected chi connectivity index (χ3v) is 9.51. The molecule has 1 saturated carbocycles. The molecule has 7 rings (SSSR count). The minimum Gasteiger partial charge on any atom is -0.313 e. The van der Waals surface area contributed by atoms with E-state index in [1.807, 2.05) is 30.5 Å². The highest BCUT2D eigenvalue weighted by Gasteiger charge is 2.62. The summed E-state index contributed by atoms with van der Waals surface area (Å²) in [6, 6.07) is 27.2. The van der Waals surface area contributed by atoms with Crippen LogP contribution in [0.25, 0.3) is 22.2 Å². The average molecular weight is 515 g/mol. The predicted molar refractivity (Wildman–Crippen MR) is 157 cm³/mol. The summed E-state index contributed by atoms with van der Waals surface area (Å²) in [4.78, 5) is 12.1. The van der Waals surface area contributed by atoms with Crippen molar-refractivity contribution in [2.75, 3.05) is 11.6 Å². The van der Waals surface area contributed by atoms with Gasteiger partial charge in [-0.1, -0.05) is 69.3 Å². The topological polar surface area (TPSA) is 69.7 Å². The molecule has 0 spiro atoms. The number of aromatic amines is 1. The Morgan fingerprint density at radius 3 is 2.59 bits per heavy atom. The van der Waals surface area contributed by atoms with E-state index < -0.39 is 0 Å². The molecule has 0 saturated heterocycles. The molecule has 0 aliphatic heterocycles. The molecule has 2 aromatic carbocycles. The molecule has 0 radical (unpaired) electrons. The summed E-state index contributed by atoms with van der Waals surface area (Å²) in [5.41, 5.74) is 7.07. The number of hydrogen-bond donors (Lipinski definition) is 2. The minimum absolute atomic E-state index is 0.0978. The van der Waals surface area contributed by atoms with Gasteiger partial charge in [0.2, 0.25) is 0 Å². The summed E-state index contributed by atoms with van der Waals surface area (Å²) in [6.07, 6.45) is 4.23. The fourth-order valence-electron chi connectivity index (χ4n) is 6.94. The number of fused-ring (bicyclic) bond motifs is 6. The molecule has 2 bridgehead atoms. The van der Waals surface area contributed by atoms with Gasteiger partial charge in [-0.05, 0) is 59.9 Å². The molecule has 1 fully saturated rings. The fraction of sp³-hybridized carbons (Fsp3) is 0.303. The Balaban J connectivity index is 1.34. The maximum Gasteiger partial charge on any atom is 0.135 e. The molecule has 39 heavy (non-hydrogen) atoms. The number of hydrogen-bond acceptors (Lipinski definition) is 5. The van der Waals surface area contributed by atoms with Crippen molar-refractivity contribution in [3.8, 4) is 11.4 Å². The first kappa shape index (κ1) is 24.0. The Morgan fingerprint density at radius 2 is 1.77 bits per heavy atom. The standard InChI is InChI=1S/C33H34N6/c1-32(2)26-16-17-33(32,3)31-28(26)30(37-38-31)29-25-15-8-7-11-22(25)19-27(36-29)39(24-13-5-4-6-14-24)21-34-20-23-12-9-10-18-35-23/h4-15,18-19,26,34H,16-17,20-21H2,1-3H3,(H,37,38). The lowest BCUT2D eigenvalue weighted by molar-refractivity contribution is 0.225. The van der Waals surface area contributed by atoms with Crippen molar-refractivity contribution < 1.29 is 0 Å². The van der Waals surface area contributed by atoms with Gasteiger partial charge in [0.05, 0.1) is 29.4 Å². The van der Waals surface area contributed by atoms with Crippen molar-refractivity contribution in [2.45, 2.75) is 51.5 Å². The number of aromatic nitrogens is 4. The first-order valence-electron chi connectivity index (χ1n) is 13.9. The molecule has 6 nitrogen and oxygen atoms in total. The number of nitrogens with one attached hydrogen (secondary N) is 2. The summed E-state index contributed by atoms with van der Waals surface area (Å²) in [7, 11) is 0. The van der Waals surface area contributed by atoms with Crippen LogP contribution in [0.5, 0.6) is 0 Å². The Hall–Kier alpha value is -4.03. The van der Waals surface area contributed by atoms with E-state index in [1.54, 1.807) is 0 Å². The van der Waals surface area contributed by atoms with E-state index in [0.717, 1.165) is 34.0 Å². The van der Waals surface area contributed by atoms with E-state index in [2.05, 4.69) is 95.7 Å². The molecule has 3 aromatic heterocycles. The van der Waals surface area contributed by atoms with E-state index in [0.29, 0.717) is 19.1 Å². The maximum atomic E-state index is 5.38. The maximum absolute atomic E-state index is 5.38. The average Bonchev–Trinajstić information content (AvgIpc) is 3.55. The lowest BCUT2D eigenvalue weighted by Gasteiger charge is -2.34. The molecule has 3 heterocycles. The van der Waals surface area contributed by atoms with Crippen LogP contribution in [0, 0.1) is 5.41 Å². The first-order valence-corrected chi connectivity index (χ1v) is 13.9. The van der Waals surface area contributed by atoms with Crippen molar-refractivity contribution in [3.63, 3.8) is 0 Å². The van der Waals surface area contributed by atoms with Crippen LogP contribution >= 0.6 is 0 Å². The van der Waals surface area contributed by atoms with E-state index in [4.69, 9.17) is 10.1 Å². The van der Waals surface area contributed by atoms with E-state index in [-0.39, 0.29) is 10.8 Å². The fourth-order valence-corrected chi connectivity index (χ4v) is 6.94. The van der Waals surface area contributed by atoms with Gasteiger partial charge >= 0.3 is 0 Å². The van der Waals surface area contributed by atoms with Gasteiger partial charge in [-0.25, -0.2) is 4.98 Å². The first-order chi connectivity index (χ1) is 19.0. The number of H-pyrrole nitrogens is 1. The zero-order valence-corrected chi connectivity index (χ0v) is 22.8. The lowest BCUT2D eigenvalue weighted by Crippen LogP contribution is -2.32. The van der Waals surface area contributed by atoms with Gasteiger partial charge < -0.3 is 4.90 Å². The van der Waals surface area contributed by atoms with E-state index >= 15 is 0 Å². The summed E-state index contributed by atoms with van der Waals surface area (Å²) >= 11 is 0. The molecular weight excluding hydrogens is 480 g/mol. The highest BCUT2D eigenvalue weighted by Crippen LogP contribution is 2.68. The predicted octanol–water partition coefficient (Wildman–Crippen LogP) is 7.08. The van der Waals surface area contributed by atoms with Crippen LogP contribution in [0.2, 0.25) is 0 Å². The molecule has 0 amide bonds. The second-order valence-electron chi connectivity index (χ2n) is 11.7. The quantitative estimate of drug-likeness (QED) is 0.227. The van der Waals surface area contributed by atoms with E-state index in [1.165, 1.54) is 29.5 Å². The highest BCUT2D eigenvalue weighted by molar-refractivity contribution is 5.97. The van der Waals surface area contributed by atoms with Gasteiger partial charge in [0.1, 0.15) is 5.82 Å². The monoisotopic (exact) mass is 514 g/mol. The molecular formula is C33H34N6. The summed E-state index contributed by atoms with van der Waals surface area (Å²) in [5.74, 6) is 1.39. The minimum atomic E-state index is 0.0978. The molecule has 2 unspecified atom stereocenters. The number of benzene rings is 2. The van der Waals surface area contributed by atoms with Crippen molar-refractivity contribution in [2.24, 2.45) is 5.41 Å². The highest BCUT2D eigenvalue weighted by atomic mass is 15.3. The normalized spacial score (nSPS) is 20.8. The van der Waals surface area contributed by atoms with Gasteiger partial charge in [0.25, 0.3) is 0 Å².